The lowest BCUT2D eigenvalue weighted by molar-refractivity contribution is -0.122. The number of morpholine rings is 1. The number of rotatable bonds is 6. The van der Waals surface area contributed by atoms with Crippen LogP contribution < -0.4 is 5.32 Å². The molecule has 1 aliphatic rings. The number of ether oxygens (including phenoxy) is 1. The van der Waals surface area contributed by atoms with Crippen molar-refractivity contribution in [1.29, 1.82) is 0 Å². The minimum atomic E-state index is -0.105. The van der Waals surface area contributed by atoms with Gasteiger partial charge in [0.1, 0.15) is 6.54 Å². The summed E-state index contributed by atoms with van der Waals surface area (Å²) in [6, 6.07) is 10.1. The third-order valence-corrected chi connectivity index (χ3v) is 4.07. The number of nitrogens with zero attached hydrogens (tertiary/aromatic N) is 5. The Kier molecular flexibility index (Phi) is 5.72. The van der Waals surface area contributed by atoms with Gasteiger partial charge in [0.2, 0.25) is 5.91 Å². The number of benzene rings is 1. The Labute approximate surface area is 147 Å². The molecular formula is C17H24N6O2. The van der Waals surface area contributed by atoms with Crippen molar-refractivity contribution in [2.75, 3.05) is 26.3 Å². The van der Waals surface area contributed by atoms with E-state index >= 15 is 0 Å². The quantitative estimate of drug-likeness (QED) is 0.827. The summed E-state index contributed by atoms with van der Waals surface area (Å²) < 4.78 is 7.07. The van der Waals surface area contributed by atoms with Crippen LogP contribution in [-0.4, -0.2) is 63.4 Å². The van der Waals surface area contributed by atoms with Crippen LogP contribution >= 0.6 is 0 Å². The van der Waals surface area contributed by atoms with Crippen LogP contribution in [0.3, 0.4) is 0 Å². The van der Waals surface area contributed by atoms with Gasteiger partial charge >= 0.3 is 0 Å². The van der Waals surface area contributed by atoms with Crippen molar-refractivity contribution in [3.8, 4) is 0 Å². The molecule has 134 valence electrons. The summed E-state index contributed by atoms with van der Waals surface area (Å²) in [5.41, 5.74) is 1.10. The number of nitrogens with one attached hydrogen (secondary N) is 1. The summed E-state index contributed by atoms with van der Waals surface area (Å²) >= 11 is 0. The molecule has 1 saturated heterocycles. The lowest BCUT2D eigenvalue weighted by Crippen LogP contribution is -2.41. The van der Waals surface area contributed by atoms with Gasteiger partial charge in [-0.15, -0.1) is 5.10 Å². The summed E-state index contributed by atoms with van der Waals surface area (Å²) in [4.78, 5) is 14.4. The molecule has 1 aromatic carbocycles. The third-order valence-electron chi connectivity index (χ3n) is 4.07. The van der Waals surface area contributed by atoms with Gasteiger partial charge < -0.3 is 10.1 Å². The Hall–Kier alpha value is -2.32. The average Bonchev–Trinajstić information content (AvgIpc) is 3.04. The average molecular weight is 344 g/mol. The summed E-state index contributed by atoms with van der Waals surface area (Å²) in [6.07, 6.45) is 0. The number of hydrogen-bond donors (Lipinski definition) is 1. The van der Waals surface area contributed by atoms with Gasteiger partial charge in [0.05, 0.1) is 19.3 Å². The standard InChI is InChI=1S/C17H24N6O2/c1-13(2)18-15(24)12-23-17(19-20-21-23)16(14-6-4-3-5-7-14)22-8-10-25-11-9-22/h3-7,13,16H,8-12H2,1-2H3,(H,18,24). The maximum atomic E-state index is 12.1. The second-order valence-electron chi connectivity index (χ2n) is 6.38. The summed E-state index contributed by atoms with van der Waals surface area (Å²) in [5, 5.41) is 15.0. The first-order valence-corrected chi connectivity index (χ1v) is 8.57. The van der Waals surface area contributed by atoms with E-state index in [0.717, 1.165) is 18.7 Å². The van der Waals surface area contributed by atoms with Gasteiger partial charge in [-0.05, 0) is 29.8 Å². The van der Waals surface area contributed by atoms with E-state index in [0.29, 0.717) is 19.0 Å². The molecule has 3 rings (SSSR count). The van der Waals surface area contributed by atoms with Gasteiger partial charge in [0, 0.05) is 19.1 Å². The van der Waals surface area contributed by atoms with Gasteiger partial charge in [0.15, 0.2) is 5.82 Å². The van der Waals surface area contributed by atoms with E-state index in [1.54, 1.807) is 4.68 Å². The van der Waals surface area contributed by atoms with Crippen LogP contribution in [0, 0.1) is 0 Å². The van der Waals surface area contributed by atoms with Crippen molar-refractivity contribution in [1.82, 2.24) is 30.4 Å². The number of aromatic nitrogens is 4. The molecule has 0 saturated carbocycles. The number of hydrogen-bond acceptors (Lipinski definition) is 6. The molecule has 2 heterocycles. The highest BCUT2D eigenvalue weighted by atomic mass is 16.5. The minimum absolute atomic E-state index is 0.0802. The SMILES string of the molecule is CC(C)NC(=O)Cn1nnnc1C(c1ccccc1)N1CCOCC1. The highest BCUT2D eigenvalue weighted by Gasteiger charge is 2.29. The zero-order valence-corrected chi connectivity index (χ0v) is 14.6. The second kappa shape index (κ2) is 8.17. The smallest absolute Gasteiger partial charge is 0.242 e. The molecule has 0 aliphatic carbocycles. The van der Waals surface area contributed by atoms with E-state index in [2.05, 4.69) is 37.9 Å². The molecular weight excluding hydrogens is 320 g/mol. The molecule has 1 amide bonds. The molecule has 1 N–H and O–H groups in total. The van der Waals surface area contributed by atoms with Crippen LogP contribution in [0.4, 0.5) is 0 Å². The van der Waals surface area contributed by atoms with E-state index in [1.807, 2.05) is 32.0 Å². The summed E-state index contributed by atoms with van der Waals surface area (Å²) in [7, 11) is 0. The van der Waals surface area contributed by atoms with E-state index in [9.17, 15) is 4.79 Å². The molecule has 25 heavy (non-hydrogen) atoms. The lowest BCUT2D eigenvalue weighted by atomic mass is 10.0. The monoisotopic (exact) mass is 344 g/mol. The first-order valence-electron chi connectivity index (χ1n) is 8.57. The topological polar surface area (TPSA) is 85.2 Å². The Morgan fingerprint density at radius 3 is 2.64 bits per heavy atom. The Bertz CT molecular complexity index is 681. The number of carbonyl (C=O) groups excluding carboxylic acids is 1. The first-order chi connectivity index (χ1) is 12.1. The molecule has 1 fully saturated rings. The first kappa shape index (κ1) is 17.5. The van der Waals surface area contributed by atoms with Crippen molar-refractivity contribution in [3.05, 3.63) is 41.7 Å². The zero-order chi connectivity index (χ0) is 17.6. The number of amides is 1. The van der Waals surface area contributed by atoms with Crippen molar-refractivity contribution >= 4 is 5.91 Å². The van der Waals surface area contributed by atoms with Crippen molar-refractivity contribution in [2.45, 2.75) is 32.5 Å². The fourth-order valence-corrected chi connectivity index (χ4v) is 3.02. The van der Waals surface area contributed by atoms with E-state index in [4.69, 9.17) is 4.74 Å². The van der Waals surface area contributed by atoms with Gasteiger partial charge in [-0.25, -0.2) is 4.68 Å². The fraction of sp³-hybridized carbons (Fsp3) is 0.529. The van der Waals surface area contributed by atoms with Crippen LogP contribution in [0.5, 0.6) is 0 Å². The molecule has 1 unspecified atom stereocenters. The van der Waals surface area contributed by atoms with E-state index < -0.39 is 0 Å². The molecule has 1 aromatic heterocycles. The number of carbonyl (C=O) groups is 1. The molecule has 0 radical (unpaired) electrons. The van der Waals surface area contributed by atoms with Crippen LogP contribution in [0.2, 0.25) is 0 Å². The largest absolute Gasteiger partial charge is 0.379 e. The van der Waals surface area contributed by atoms with Crippen LogP contribution in [0.1, 0.15) is 31.3 Å². The molecule has 8 heteroatoms. The van der Waals surface area contributed by atoms with E-state index in [-0.39, 0.29) is 24.5 Å². The fourth-order valence-electron chi connectivity index (χ4n) is 3.02. The molecule has 0 bridgehead atoms. The minimum Gasteiger partial charge on any atom is -0.379 e. The Morgan fingerprint density at radius 1 is 1.24 bits per heavy atom. The van der Waals surface area contributed by atoms with Crippen molar-refractivity contribution in [3.63, 3.8) is 0 Å². The molecule has 1 aliphatic heterocycles. The maximum Gasteiger partial charge on any atom is 0.242 e. The van der Waals surface area contributed by atoms with Crippen molar-refractivity contribution < 1.29 is 9.53 Å². The van der Waals surface area contributed by atoms with Crippen LogP contribution in [-0.2, 0) is 16.1 Å². The molecule has 0 spiro atoms. The predicted octanol–water partition coefficient (Wildman–Crippen LogP) is 0.619. The Balaban J connectivity index is 1.89. The highest BCUT2D eigenvalue weighted by molar-refractivity contribution is 5.75. The summed E-state index contributed by atoms with van der Waals surface area (Å²) in [6.45, 7) is 6.92. The highest BCUT2D eigenvalue weighted by Crippen LogP contribution is 2.27. The van der Waals surface area contributed by atoms with Crippen LogP contribution in [0.15, 0.2) is 30.3 Å². The van der Waals surface area contributed by atoms with Gasteiger partial charge in [-0.1, -0.05) is 30.3 Å². The molecule has 2 aromatic rings. The van der Waals surface area contributed by atoms with E-state index in [1.165, 1.54) is 0 Å². The van der Waals surface area contributed by atoms with Gasteiger partial charge in [-0.3, -0.25) is 9.69 Å². The van der Waals surface area contributed by atoms with Crippen molar-refractivity contribution in [2.24, 2.45) is 0 Å². The van der Waals surface area contributed by atoms with Crippen LogP contribution in [0.25, 0.3) is 0 Å². The normalized spacial score (nSPS) is 16.8. The second-order valence-corrected chi connectivity index (χ2v) is 6.38. The zero-order valence-electron chi connectivity index (χ0n) is 14.6. The van der Waals surface area contributed by atoms with Gasteiger partial charge in [-0.2, -0.15) is 0 Å². The maximum absolute atomic E-state index is 12.1. The third kappa shape index (κ3) is 4.40. The lowest BCUT2D eigenvalue weighted by Gasteiger charge is -2.33. The Morgan fingerprint density at radius 2 is 1.96 bits per heavy atom. The summed E-state index contributed by atoms with van der Waals surface area (Å²) in [5.74, 6) is 0.573. The predicted molar refractivity (Wildman–Crippen MR) is 91.8 cm³/mol. The number of tetrazole rings is 1. The molecule has 1 atom stereocenters. The molecule has 8 nitrogen and oxygen atoms in total. The van der Waals surface area contributed by atoms with Gasteiger partial charge in [0.25, 0.3) is 0 Å².